The molecule has 1 N–H and O–H groups in total. The highest BCUT2D eigenvalue weighted by atomic mass is 16.3. The molecule has 1 amide bonds. The summed E-state index contributed by atoms with van der Waals surface area (Å²) >= 11 is 0. The smallest absolute Gasteiger partial charge is 0.251 e. The Kier molecular flexibility index (Phi) is 3.69. The minimum atomic E-state index is -0.0405. The number of fused-ring (bicyclic) bond motifs is 1. The average molecular weight is 280 g/mol. The Bertz CT molecular complexity index is 777. The van der Waals surface area contributed by atoms with Gasteiger partial charge in [-0.1, -0.05) is 23.8 Å². The fourth-order valence-electron chi connectivity index (χ4n) is 2.27. The zero-order valence-electron chi connectivity index (χ0n) is 11.8. The van der Waals surface area contributed by atoms with Gasteiger partial charge in [0, 0.05) is 12.1 Å². The van der Waals surface area contributed by atoms with Crippen LogP contribution in [-0.4, -0.2) is 17.4 Å². The lowest BCUT2D eigenvalue weighted by Gasteiger charge is -2.06. The highest BCUT2D eigenvalue weighted by Gasteiger charge is 2.05. The number of hydrogen-bond acceptors (Lipinski definition) is 3. The largest absolute Gasteiger partial charge is 0.443 e. The Balaban J connectivity index is 1.59. The molecule has 0 bridgehead atoms. The first-order chi connectivity index (χ1) is 10.2. The molecule has 4 nitrogen and oxygen atoms in total. The number of hydrogen-bond donors (Lipinski definition) is 1. The van der Waals surface area contributed by atoms with E-state index in [1.165, 1.54) is 6.39 Å². The van der Waals surface area contributed by atoms with E-state index in [9.17, 15) is 4.79 Å². The summed E-state index contributed by atoms with van der Waals surface area (Å²) in [6.45, 7) is 2.57. The van der Waals surface area contributed by atoms with Gasteiger partial charge in [0.25, 0.3) is 5.91 Å². The molecule has 0 radical (unpaired) electrons. The van der Waals surface area contributed by atoms with E-state index in [-0.39, 0.29) is 5.91 Å². The number of carbonyl (C=O) groups is 1. The number of aromatic nitrogens is 1. The third-order valence-corrected chi connectivity index (χ3v) is 3.37. The monoisotopic (exact) mass is 280 g/mol. The summed E-state index contributed by atoms with van der Waals surface area (Å²) in [7, 11) is 0. The molecule has 0 unspecified atom stereocenters. The Labute approximate surface area is 122 Å². The first-order valence-corrected chi connectivity index (χ1v) is 6.89. The molecule has 0 aliphatic carbocycles. The lowest BCUT2D eigenvalue weighted by molar-refractivity contribution is 0.0954. The zero-order chi connectivity index (χ0) is 14.7. The van der Waals surface area contributed by atoms with Crippen LogP contribution in [0.15, 0.2) is 53.3 Å². The van der Waals surface area contributed by atoms with Crippen molar-refractivity contribution in [2.45, 2.75) is 13.3 Å². The first kappa shape index (κ1) is 13.4. The Morgan fingerprint density at radius 1 is 1.24 bits per heavy atom. The van der Waals surface area contributed by atoms with Crippen LogP contribution in [0.25, 0.3) is 11.1 Å². The normalized spacial score (nSPS) is 10.7. The van der Waals surface area contributed by atoms with Gasteiger partial charge in [-0.15, -0.1) is 0 Å². The zero-order valence-corrected chi connectivity index (χ0v) is 11.8. The summed E-state index contributed by atoms with van der Waals surface area (Å²) in [5.74, 6) is -0.0405. The van der Waals surface area contributed by atoms with E-state index in [2.05, 4.69) is 10.3 Å². The van der Waals surface area contributed by atoms with Gasteiger partial charge in [-0.05, 0) is 43.2 Å². The van der Waals surface area contributed by atoms with E-state index in [1.807, 2.05) is 49.4 Å². The number of aryl methyl sites for hydroxylation is 1. The molecule has 0 spiro atoms. The third kappa shape index (κ3) is 3.11. The minimum Gasteiger partial charge on any atom is -0.443 e. The molecule has 1 aromatic heterocycles. The third-order valence-electron chi connectivity index (χ3n) is 3.37. The van der Waals surface area contributed by atoms with Gasteiger partial charge in [0.05, 0.1) is 0 Å². The maximum atomic E-state index is 12.0. The van der Waals surface area contributed by atoms with E-state index in [1.54, 1.807) is 0 Å². The number of amides is 1. The van der Waals surface area contributed by atoms with E-state index in [0.29, 0.717) is 12.1 Å². The summed E-state index contributed by atoms with van der Waals surface area (Å²) in [5, 5.41) is 2.93. The minimum absolute atomic E-state index is 0.0405. The van der Waals surface area contributed by atoms with Crippen molar-refractivity contribution in [3.63, 3.8) is 0 Å². The summed E-state index contributed by atoms with van der Waals surface area (Å²) < 4.78 is 5.20. The lowest BCUT2D eigenvalue weighted by atomic mass is 10.1. The van der Waals surface area contributed by atoms with Gasteiger partial charge < -0.3 is 9.73 Å². The van der Waals surface area contributed by atoms with E-state index in [0.717, 1.165) is 28.6 Å². The maximum absolute atomic E-state index is 12.0. The maximum Gasteiger partial charge on any atom is 0.251 e. The number of carbonyl (C=O) groups excluding carboxylic acids is 1. The number of nitrogens with one attached hydrogen (secondary N) is 1. The number of benzene rings is 2. The second-order valence-corrected chi connectivity index (χ2v) is 5.03. The lowest BCUT2D eigenvalue weighted by Crippen LogP contribution is -2.25. The molecule has 0 saturated carbocycles. The van der Waals surface area contributed by atoms with Gasteiger partial charge in [0.15, 0.2) is 12.0 Å². The molecule has 4 heteroatoms. The number of oxazole rings is 1. The van der Waals surface area contributed by atoms with Gasteiger partial charge in [0.2, 0.25) is 0 Å². The quantitative estimate of drug-likeness (QED) is 0.799. The van der Waals surface area contributed by atoms with Gasteiger partial charge >= 0.3 is 0 Å². The average Bonchev–Trinajstić information content (AvgIpc) is 2.94. The van der Waals surface area contributed by atoms with Crippen molar-refractivity contribution < 1.29 is 9.21 Å². The SMILES string of the molecule is Cc1cccc(C(=O)NCCc2ccc3ocnc3c2)c1. The number of rotatable bonds is 4. The fourth-order valence-corrected chi connectivity index (χ4v) is 2.27. The molecule has 0 fully saturated rings. The van der Waals surface area contributed by atoms with Crippen molar-refractivity contribution in [1.82, 2.24) is 10.3 Å². The van der Waals surface area contributed by atoms with Crippen LogP contribution >= 0.6 is 0 Å². The van der Waals surface area contributed by atoms with Crippen molar-refractivity contribution >= 4 is 17.0 Å². The molecule has 0 aliphatic rings. The van der Waals surface area contributed by atoms with Gasteiger partial charge in [-0.25, -0.2) is 4.98 Å². The van der Waals surface area contributed by atoms with Crippen LogP contribution in [0.2, 0.25) is 0 Å². The van der Waals surface area contributed by atoms with Crippen LogP contribution in [0.4, 0.5) is 0 Å². The van der Waals surface area contributed by atoms with Gasteiger partial charge in [-0.2, -0.15) is 0 Å². The topological polar surface area (TPSA) is 55.1 Å². The van der Waals surface area contributed by atoms with Crippen molar-refractivity contribution in [3.8, 4) is 0 Å². The molecule has 1 heterocycles. The molecule has 0 aliphatic heterocycles. The molecule has 3 aromatic rings. The van der Waals surface area contributed by atoms with Crippen LogP contribution in [0.5, 0.6) is 0 Å². The standard InChI is InChI=1S/C17H16N2O2/c1-12-3-2-4-14(9-12)17(20)18-8-7-13-5-6-16-15(10-13)19-11-21-16/h2-6,9-11H,7-8H2,1H3,(H,18,20). The molecule has 106 valence electrons. The molecular weight excluding hydrogens is 264 g/mol. The van der Waals surface area contributed by atoms with Crippen molar-refractivity contribution in [2.24, 2.45) is 0 Å². The summed E-state index contributed by atoms with van der Waals surface area (Å²) in [5.41, 5.74) is 4.53. The Morgan fingerprint density at radius 2 is 2.14 bits per heavy atom. The Morgan fingerprint density at radius 3 is 3.00 bits per heavy atom. The van der Waals surface area contributed by atoms with Gasteiger partial charge in [-0.3, -0.25) is 4.79 Å². The van der Waals surface area contributed by atoms with Crippen LogP contribution < -0.4 is 5.32 Å². The molecular formula is C17H16N2O2. The summed E-state index contributed by atoms with van der Waals surface area (Å²) in [4.78, 5) is 16.1. The number of nitrogens with zero attached hydrogens (tertiary/aromatic N) is 1. The van der Waals surface area contributed by atoms with Crippen LogP contribution in [0.3, 0.4) is 0 Å². The summed E-state index contributed by atoms with van der Waals surface area (Å²) in [6.07, 6.45) is 2.20. The van der Waals surface area contributed by atoms with Crippen LogP contribution in [0.1, 0.15) is 21.5 Å². The second-order valence-electron chi connectivity index (χ2n) is 5.03. The summed E-state index contributed by atoms with van der Waals surface area (Å²) in [6, 6.07) is 13.5. The van der Waals surface area contributed by atoms with Crippen LogP contribution in [-0.2, 0) is 6.42 Å². The fraction of sp³-hybridized carbons (Fsp3) is 0.176. The van der Waals surface area contributed by atoms with Crippen molar-refractivity contribution in [3.05, 3.63) is 65.5 Å². The van der Waals surface area contributed by atoms with Crippen LogP contribution in [0, 0.1) is 6.92 Å². The molecule has 2 aromatic carbocycles. The molecule has 0 atom stereocenters. The highest BCUT2D eigenvalue weighted by Crippen LogP contribution is 2.14. The van der Waals surface area contributed by atoms with E-state index < -0.39 is 0 Å². The van der Waals surface area contributed by atoms with E-state index in [4.69, 9.17) is 4.42 Å². The van der Waals surface area contributed by atoms with Crippen molar-refractivity contribution in [1.29, 1.82) is 0 Å². The van der Waals surface area contributed by atoms with Gasteiger partial charge in [0.1, 0.15) is 5.52 Å². The predicted molar refractivity (Wildman–Crippen MR) is 81.2 cm³/mol. The van der Waals surface area contributed by atoms with E-state index >= 15 is 0 Å². The first-order valence-electron chi connectivity index (χ1n) is 6.89. The molecule has 0 saturated heterocycles. The molecule has 21 heavy (non-hydrogen) atoms. The predicted octanol–water partition coefficient (Wildman–Crippen LogP) is 3.11. The molecule has 3 rings (SSSR count). The van der Waals surface area contributed by atoms with Crippen molar-refractivity contribution in [2.75, 3.05) is 6.54 Å². The Hall–Kier alpha value is -2.62. The second kappa shape index (κ2) is 5.79. The highest BCUT2D eigenvalue weighted by molar-refractivity contribution is 5.94.